The van der Waals surface area contributed by atoms with Crippen LogP contribution < -0.4 is 5.73 Å². The fourth-order valence-electron chi connectivity index (χ4n) is 2.98. The molecule has 0 bridgehead atoms. The Labute approximate surface area is 125 Å². The van der Waals surface area contributed by atoms with E-state index in [1.165, 1.54) is 24.1 Å². The number of halogens is 1. The highest BCUT2D eigenvalue weighted by atomic mass is 35.5. The molecule has 1 aliphatic rings. The molecule has 2 unspecified atom stereocenters. The molecule has 2 nitrogen and oxygen atoms in total. The predicted molar refractivity (Wildman–Crippen MR) is 84.9 cm³/mol. The molecule has 19 heavy (non-hydrogen) atoms. The lowest BCUT2D eigenvalue weighted by atomic mass is 9.85. The van der Waals surface area contributed by atoms with E-state index < -0.39 is 0 Å². The van der Waals surface area contributed by atoms with E-state index in [-0.39, 0.29) is 6.04 Å². The molecule has 1 aromatic rings. The van der Waals surface area contributed by atoms with Gasteiger partial charge in [0.2, 0.25) is 0 Å². The second-order valence-electron chi connectivity index (χ2n) is 6.50. The van der Waals surface area contributed by atoms with Crippen molar-refractivity contribution in [2.75, 3.05) is 13.1 Å². The number of likely N-dealkylation sites (tertiary alicyclic amines) is 1. The van der Waals surface area contributed by atoms with Gasteiger partial charge in [-0.25, -0.2) is 0 Å². The van der Waals surface area contributed by atoms with Crippen LogP contribution in [0.1, 0.15) is 51.0 Å². The Hall–Kier alpha value is -0.0900. The van der Waals surface area contributed by atoms with Crippen molar-refractivity contribution in [2.24, 2.45) is 11.1 Å². The standard InChI is InChI=1S/C15H25ClN2S/c1-11(17)14(12-5-6-13(16)19-12)18-9-4-7-15(2,3)8-10-18/h5-6,11,14H,4,7-10,17H2,1-3H3. The zero-order valence-corrected chi connectivity index (χ0v) is 13.7. The van der Waals surface area contributed by atoms with Gasteiger partial charge in [0, 0.05) is 10.9 Å². The number of hydrogen-bond donors (Lipinski definition) is 1. The van der Waals surface area contributed by atoms with Gasteiger partial charge in [-0.1, -0.05) is 25.4 Å². The summed E-state index contributed by atoms with van der Waals surface area (Å²) in [6.45, 7) is 9.13. The summed E-state index contributed by atoms with van der Waals surface area (Å²) >= 11 is 7.75. The summed E-state index contributed by atoms with van der Waals surface area (Å²) in [4.78, 5) is 3.86. The van der Waals surface area contributed by atoms with Crippen molar-refractivity contribution < 1.29 is 0 Å². The smallest absolute Gasteiger partial charge is 0.0931 e. The molecule has 2 heterocycles. The Morgan fingerprint density at radius 1 is 1.32 bits per heavy atom. The number of rotatable bonds is 3. The van der Waals surface area contributed by atoms with Crippen LogP contribution in [0.2, 0.25) is 4.34 Å². The van der Waals surface area contributed by atoms with Gasteiger partial charge in [0.25, 0.3) is 0 Å². The molecule has 1 aromatic heterocycles. The Kier molecular flexibility index (Phi) is 4.93. The van der Waals surface area contributed by atoms with Gasteiger partial charge >= 0.3 is 0 Å². The van der Waals surface area contributed by atoms with E-state index in [1.807, 2.05) is 6.07 Å². The zero-order chi connectivity index (χ0) is 14.0. The van der Waals surface area contributed by atoms with E-state index in [0.29, 0.717) is 11.5 Å². The molecule has 1 aliphatic heterocycles. The quantitative estimate of drug-likeness (QED) is 0.901. The van der Waals surface area contributed by atoms with Crippen molar-refractivity contribution in [3.05, 3.63) is 21.3 Å². The van der Waals surface area contributed by atoms with Crippen molar-refractivity contribution in [1.82, 2.24) is 4.90 Å². The van der Waals surface area contributed by atoms with Crippen LogP contribution in [0.5, 0.6) is 0 Å². The topological polar surface area (TPSA) is 29.3 Å². The summed E-state index contributed by atoms with van der Waals surface area (Å²) in [6, 6.07) is 4.57. The molecular formula is C15H25ClN2S. The van der Waals surface area contributed by atoms with Crippen LogP contribution in [-0.2, 0) is 0 Å². The van der Waals surface area contributed by atoms with E-state index in [0.717, 1.165) is 17.4 Å². The largest absolute Gasteiger partial charge is 0.326 e. The normalized spacial score (nSPS) is 23.8. The lowest BCUT2D eigenvalue weighted by Crippen LogP contribution is -2.39. The van der Waals surface area contributed by atoms with Gasteiger partial charge in [-0.2, -0.15) is 0 Å². The summed E-state index contributed by atoms with van der Waals surface area (Å²) in [5, 5.41) is 0. The van der Waals surface area contributed by atoms with E-state index in [9.17, 15) is 0 Å². The minimum absolute atomic E-state index is 0.135. The van der Waals surface area contributed by atoms with Crippen molar-refractivity contribution in [2.45, 2.75) is 52.1 Å². The molecule has 0 amide bonds. The molecule has 4 heteroatoms. The molecule has 2 N–H and O–H groups in total. The van der Waals surface area contributed by atoms with Gasteiger partial charge in [0.05, 0.1) is 10.4 Å². The fourth-order valence-corrected chi connectivity index (χ4v) is 4.29. The molecule has 108 valence electrons. The first-order valence-electron chi connectivity index (χ1n) is 7.14. The first-order chi connectivity index (χ1) is 8.89. The summed E-state index contributed by atoms with van der Waals surface area (Å²) in [5.74, 6) is 0. The highest BCUT2D eigenvalue weighted by Gasteiger charge is 2.30. The molecule has 2 atom stereocenters. The van der Waals surface area contributed by atoms with Crippen LogP contribution in [-0.4, -0.2) is 24.0 Å². The van der Waals surface area contributed by atoms with Gasteiger partial charge in [-0.15, -0.1) is 11.3 Å². The van der Waals surface area contributed by atoms with Gasteiger partial charge in [-0.3, -0.25) is 4.90 Å². The SMILES string of the molecule is CC(N)C(c1ccc(Cl)s1)N1CCCC(C)(C)CC1. The molecule has 0 aromatic carbocycles. The molecule has 0 radical (unpaired) electrons. The molecule has 1 fully saturated rings. The first kappa shape index (κ1) is 15.3. The van der Waals surface area contributed by atoms with Crippen molar-refractivity contribution in [3.8, 4) is 0 Å². The van der Waals surface area contributed by atoms with Gasteiger partial charge < -0.3 is 5.73 Å². The number of nitrogens with two attached hydrogens (primary N) is 1. The fraction of sp³-hybridized carbons (Fsp3) is 0.733. The van der Waals surface area contributed by atoms with E-state index in [4.69, 9.17) is 17.3 Å². The molecule has 0 spiro atoms. The van der Waals surface area contributed by atoms with Crippen LogP contribution in [0, 0.1) is 5.41 Å². The average Bonchev–Trinajstić information content (AvgIpc) is 2.63. The van der Waals surface area contributed by atoms with E-state index in [2.05, 4.69) is 31.7 Å². The summed E-state index contributed by atoms with van der Waals surface area (Å²) < 4.78 is 0.857. The molecular weight excluding hydrogens is 276 g/mol. The highest BCUT2D eigenvalue weighted by Crippen LogP contribution is 2.36. The van der Waals surface area contributed by atoms with E-state index >= 15 is 0 Å². The lowest BCUT2D eigenvalue weighted by Gasteiger charge is -2.33. The Morgan fingerprint density at radius 3 is 2.63 bits per heavy atom. The third kappa shape index (κ3) is 3.94. The predicted octanol–water partition coefficient (Wildman–Crippen LogP) is 4.30. The molecule has 1 saturated heterocycles. The third-order valence-corrected chi connectivity index (χ3v) is 5.45. The van der Waals surface area contributed by atoms with Crippen LogP contribution in [0.4, 0.5) is 0 Å². The summed E-state index contributed by atoms with van der Waals surface area (Å²) in [6.07, 6.45) is 3.81. The molecule has 2 rings (SSSR count). The Balaban J connectivity index is 2.15. The van der Waals surface area contributed by atoms with Crippen LogP contribution in [0.15, 0.2) is 12.1 Å². The van der Waals surface area contributed by atoms with Crippen LogP contribution in [0.25, 0.3) is 0 Å². The van der Waals surface area contributed by atoms with Crippen LogP contribution in [0.3, 0.4) is 0 Å². The average molecular weight is 301 g/mol. The van der Waals surface area contributed by atoms with Crippen molar-refractivity contribution in [3.63, 3.8) is 0 Å². The minimum Gasteiger partial charge on any atom is -0.326 e. The first-order valence-corrected chi connectivity index (χ1v) is 8.33. The van der Waals surface area contributed by atoms with Gasteiger partial charge in [0.15, 0.2) is 0 Å². The van der Waals surface area contributed by atoms with Gasteiger partial charge in [0.1, 0.15) is 0 Å². The maximum Gasteiger partial charge on any atom is 0.0931 e. The number of hydrogen-bond acceptors (Lipinski definition) is 3. The zero-order valence-electron chi connectivity index (χ0n) is 12.2. The number of nitrogens with zero attached hydrogens (tertiary/aromatic N) is 1. The third-order valence-electron chi connectivity index (χ3n) is 4.15. The Morgan fingerprint density at radius 2 is 2.05 bits per heavy atom. The Bertz CT molecular complexity index is 414. The molecule has 0 saturated carbocycles. The van der Waals surface area contributed by atoms with Crippen molar-refractivity contribution >= 4 is 22.9 Å². The summed E-state index contributed by atoms with van der Waals surface area (Å²) in [5.41, 5.74) is 6.71. The summed E-state index contributed by atoms with van der Waals surface area (Å²) in [7, 11) is 0. The molecule has 0 aliphatic carbocycles. The maximum atomic E-state index is 6.25. The maximum absolute atomic E-state index is 6.25. The second-order valence-corrected chi connectivity index (χ2v) is 8.25. The van der Waals surface area contributed by atoms with Gasteiger partial charge in [-0.05, 0) is 56.8 Å². The van der Waals surface area contributed by atoms with Crippen molar-refractivity contribution in [1.29, 1.82) is 0 Å². The van der Waals surface area contributed by atoms with Crippen LogP contribution >= 0.6 is 22.9 Å². The monoisotopic (exact) mass is 300 g/mol. The highest BCUT2D eigenvalue weighted by molar-refractivity contribution is 7.16. The second kappa shape index (κ2) is 6.13. The van der Waals surface area contributed by atoms with E-state index in [1.54, 1.807) is 11.3 Å². The number of thiophene rings is 1. The minimum atomic E-state index is 0.135. The lowest BCUT2D eigenvalue weighted by molar-refractivity contribution is 0.178.